The Hall–Kier alpha value is -2.64. The molecule has 0 radical (unpaired) electrons. The lowest BCUT2D eigenvalue weighted by molar-refractivity contribution is 0.0623. The van der Waals surface area contributed by atoms with Crippen LogP contribution in [-0.4, -0.2) is 51.9 Å². The molecule has 0 aliphatic carbocycles. The minimum atomic E-state index is -0.192. The highest BCUT2D eigenvalue weighted by molar-refractivity contribution is 7.15. The van der Waals surface area contributed by atoms with Crippen LogP contribution in [0.25, 0.3) is 10.4 Å². The summed E-state index contributed by atoms with van der Waals surface area (Å²) < 4.78 is 14.0. The quantitative estimate of drug-likeness (QED) is 0.676. The van der Waals surface area contributed by atoms with E-state index in [-0.39, 0.29) is 11.7 Å². The van der Waals surface area contributed by atoms with Crippen LogP contribution in [0, 0.1) is 12.7 Å². The van der Waals surface area contributed by atoms with Crippen LogP contribution in [0.1, 0.15) is 21.1 Å². The minimum absolute atomic E-state index is 0.0647. The molecule has 28 heavy (non-hydrogen) atoms. The number of halogens is 1. The van der Waals surface area contributed by atoms with E-state index in [0.29, 0.717) is 24.3 Å². The Labute approximate surface area is 167 Å². The molecule has 144 valence electrons. The van der Waals surface area contributed by atoms with Crippen molar-refractivity contribution in [3.05, 3.63) is 70.9 Å². The summed E-state index contributed by atoms with van der Waals surface area (Å²) in [5.41, 5.74) is 1.84. The molecule has 1 amide bonds. The number of carbonyl (C=O) groups is 1. The molecule has 1 aliphatic heterocycles. The van der Waals surface area contributed by atoms with Gasteiger partial charge >= 0.3 is 0 Å². The summed E-state index contributed by atoms with van der Waals surface area (Å²) >= 11 is 1.62. The first kappa shape index (κ1) is 18.7. The second-order valence-corrected chi connectivity index (χ2v) is 8.03. The van der Waals surface area contributed by atoms with Crippen molar-refractivity contribution in [2.24, 2.45) is 0 Å². The number of amides is 1. The Bertz CT molecular complexity index is 965. The fourth-order valence-corrected chi connectivity index (χ4v) is 4.34. The molecular weight excluding hydrogens is 375 g/mol. The highest BCUT2D eigenvalue weighted by atomic mass is 32.1. The molecule has 0 saturated carbocycles. The monoisotopic (exact) mass is 396 g/mol. The van der Waals surface area contributed by atoms with E-state index in [1.54, 1.807) is 29.8 Å². The number of piperazine rings is 1. The second-order valence-electron chi connectivity index (χ2n) is 6.86. The normalized spacial score (nSPS) is 15.0. The van der Waals surface area contributed by atoms with Gasteiger partial charge < -0.3 is 4.90 Å². The molecule has 0 bridgehead atoms. The zero-order valence-corrected chi connectivity index (χ0v) is 16.5. The summed E-state index contributed by atoms with van der Waals surface area (Å²) in [5.74, 6) is -0.257. The molecule has 4 rings (SSSR count). The molecule has 0 unspecified atom stereocenters. The second kappa shape index (κ2) is 8.16. The number of hydrogen-bond donors (Lipinski definition) is 0. The topological polar surface area (TPSA) is 49.3 Å². The third-order valence-electron chi connectivity index (χ3n) is 4.84. The van der Waals surface area contributed by atoms with Crippen molar-refractivity contribution in [1.82, 2.24) is 19.8 Å². The number of hydrogen-bond acceptors (Lipinski definition) is 5. The van der Waals surface area contributed by atoms with Crippen molar-refractivity contribution in [2.75, 3.05) is 26.2 Å². The SMILES string of the molecule is Cc1cnc(C(=O)N2CCN(Cc3ccc(-c4ccccc4F)s3)CC2)cn1. The van der Waals surface area contributed by atoms with Crippen molar-refractivity contribution >= 4 is 17.2 Å². The molecule has 5 nitrogen and oxygen atoms in total. The van der Waals surface area contributed by atoms with Gasteiger partial charge in [0.1, 0.15) is 11.5 Å². The van der Waals surface area contributed by atoms with E-state index in [9.17, 15) is 9.18 Å². The van der Waals surface area contributed by atoms with Gasteiger partial charge in [-0.3, -0.25) is 14.7 Å². The lowest BCUT2D eigenvalue weighted by atomic mass is 10.2. The van der Waals surface area contributed by atoms with Gasteiger partial charge in [-0.1, -0.05) is 18.2 Å². The summed E-state index contributed by atoms with van der Waals surface area (Å²) in [4.78, 5) is 27.2. The Morgan fingerprint density at radius 2 is 1.86 bits per heavy atom. The molecule has 1 fully saturated rings. The average molecular weight is 396 g/mol. The van der Waals surface area contributed by atoms with E-state index in [1.165, 1.54) is 10.9 Å². The van der Waals surface area contributed by atoms with Crippen molar-refractivity contribution in [2.45, 2.75) is 13.5 Å². The Morgan fingerprint density at radius 1 is 1.07 bits per heavy atom. The van der Waals surface area contributed by atoms with E-state index in [0.717, 1.165) is 30.2 Å². The zero-order valence-electron chi connectivity index (χ0n) is 15.6. The molecule has 1 aromatic carbocycles. The first-order valence-corrected chi connectivity index (χ1v) is 10.1. The Kier molecular flexibility index (Phi) is 5.45. The zero-order chi connectivity index (χ0) is 19.5. The molecule has 0 spiro atoms. The van der Waals surface area contributed by atoms with Crippen LogP contribution < -0.4 is 0 Å². The average Bonchev–Trinajstić information content (AvgIpc) is 3.17. The van der Waals surface area contributed by atoms with Gasteiger partial charge in [-0.15, -0.1) is 11.3 Å². The maximum absolute atomic E-state index is 14.0. The largest absolute Gasteiger partial charge is 0.335 e. The Balaban J connectivity index is 1.34. The number of aromatic nitrogens is 2. The molecule has 1 aliphatic rings. The van der Waals surface area contributed by atoms with Crippen molar-refractivity contribution in [1.29, 1.82) is 0 Å². The van der Waals surface area contributed by atoms with Crippen LogP contribution in [0.15, 0.2) is 48.8 Å². The van der Waals surface area contributed by atoms with Gasteiger partial charge in [-0.2, -0.15) is 0 Å². The van der Waals surface area contributed by atoms with Gasteiger partial charge in [0, 0.05) is 54.2 Å². The maximum Gasteiger partial charge on any atom is 0.274 e. The molecule has 2 aromatic heterocycles. The lowest BCUT2D eigenvalue weighted by Gasteiger charge is -2.34. The first-order valence-electron chi connectivity index (χ1n) is 9.24. The summed E-state index contributed by atoms with van der Waals surface area (Å²) in [6, 6.07) is 10.9. The molecule has 0 atom stereocenters. The molecule has 3 heterocycles. The number of nitrogens with zero attached hydrogens (tertiary/aromatic N) is 4. The van der Waals surface area contributed by atoms with Crippen molar-refractivity contribution in [3.8, 4) is 10.4 Å². The van der Waals surface area contributed by atoms with E-state index >= 15 is 0 Å². The number of benzene rings is 1. The Morgan fingerprint density at radius 3 is 2.57 bits per heavy atom. The molecule has 1 saturated heterocycles. The minimum Gasteiger partial charge on any atom is -0.335 e. The van der Waals surface area contributed by atoms with E-state index in [1.807, 2.05) is 30.0 Å². The molecule has 7 heteroatoms. The van der Waals surface area contributed by atoms with E-state index in [4.69, 9.17) is 0 Å². The number of aryl methyl sites for hydroxylation is 1. The highest BCUT2D eigenvalue weighted by Crippen LogP contribution is 2.30. The number of thiophene rings is 1. The number of carbonyl (C=O) groups excluding carboxylic acids is 1. The summed E-state index contributed by atoms with van der Waals surface area (Å²) in [6.45, 7) is 5.60. The molecular formula is C21H21FN4OS. The predicted octanol–water partition coefficient (Wildman–Crippen LogP) is 3.61. The standard InChI is InChI=1S/C21H21FN4OS/c1-15-12-24-19(13-23-15)21(27)26-10-8-25(9-11-26)14-16-6-7-20(28-16)17-4-2-3-5-18(17)22/h2-7,12-13H,8-11,14H2,1H3. The third kappa shape index (κ3) is 4.10. The fourth-order valence-electron chi connectivity index (χ4n) is 3.26. The van der Waals surface area contributed by atoms with Gasteiger partial charge in [0.05, 0.1) is 11.9 Å². The van der Waals surface area contributed by atoms with Crippen molar-refractivity contribution < 1.29 is 9.18 Å². The van der Waals surface area contributed by atoms with Gasteiger partial charge in [-0.25, -0.2) is 9.37 Å². The highest BCUT2D eigenvalue weighted by Gasteiger charge is 2.23. The fraction of sp³-hybridized carbons (Fsp3) is 0.286. The van der Waals surface area contributed by atoms with Crippen molar-refractivity contribution in [3.63, 3.8) is 0 Å². The predicted molar refractivity (Wildman–Crippen MR) is 108 cm³/mol. The van der Waals surface area contributed by atoms with Crippen LogP contribution in [0.3, 0.4) is 0 Å². The van der Waals surface area contributed by atoms with Crippen LogP contribution in [0.4, 0.5) is 4.39 Å². The summed E-state index contributed by atoms with van der Waals surface area (Å²) in [7, 11) is 0. The van der Waals surface area contributed by atoms with Gasteiger partial charge in [-0.05, 0) is 25.1 Å². The molecule has 3 aromatic rings. The summed E-state index contributed by atoms with van der Waals surface area (Å²) in [5, 5.41) is 0. The first-order chi connectivity index (χ1) is 13.6. The van der Waals surface area contributed by atoms with E-state index < -0.39 is 0 Å². The van der Waals surface area contributed by atoms with E-state index in [2.05, 4.69) is 20.9 Å². The van der Waals surface area contributed by atoms with Gasteiger partial charge in [0.25, 0.3) is 5.91 Å². The smallest absolute Gasteiger partial charge is 0.274 e. The van der Waals surface area contributed by atoms with Crippen LogP contribution >= 0.6 is 11.3 Å². The maximum atomic E-state index is 14.0. The van der Waals surface area contributed by atoms with Crippen LogP contribution in [0.2, 0.25) is 0 Å². The lowest BCUT2D eigenvalue weighted by Crippen LogP contribution is -2.48. The molecule has 0 N–H and O–H groups in total. The summed E-state index contributed by atoms with van der Waals surface area (Å²) in [6.07, 6.45) is 3.16. The number of rotatable bonds is 4. The third-order valence-corrected chi connectivity index (χ3v) is 5.94. The van der Waals surface area contributed by atoms with Crippen LogP contribution in [-0.2, 0) is 6.54 Å². The van der Waals surface area contributed by atoms with Gasteiger partial charge in [0.15, 0.2) is 0 Å². The van der Waals surface area contributed by atoms with Crippen LogP contribution in [0.5, 0.6) is 0 Å². The van der Waals surface area contributed by atoms with Gasteiger partial charge in [0.2, 0.25) is 0 Å².